The Labute approximate surface area is 169 Å². The van der Waals surface area contributed by atoms with Crippen LogP contribution in [0.25, 0.3) is 22.2 Å². The molecule has 0 atom stereocenters. The van der Waals surface area contributed by atoms with Crippen LogP contribution in [0, 0.1) is 0 Å². The first-order chi connectivity index (χ1) is 12.9. The number of fused-ring (bicyclic) bond motifs is 1. The van der Waals surface area contributed by atoms with E-state index < -0.39 is 15.8 Å². The molecule has 0 unspecified atom stereocenters. The van der Waals surface area contributed by atoms with Crippen molar-refractivity contribution in [2.24, 2.45) is 0 Å². The van der Waals surface area contributed by atoms with Gasteiger partial charge in [-0.25, -0.2) is 12.4 Å². The van der Waals surface area contributed by atoms with E-state index in [1.807, 2.05) is 48.5 Å². The maximum Gasteiger partial charge on any atom is 0.272 e. The van der Waals surface area contributed by atoms with E-state index in [9.17, 15) is 13.5 Å². The van der Waals surface area contributed by atoms with Crippen LogP contribution >= 0.6 is 27.5 Å². The maximum absolute atomic E-state index is 13.6. The average Bonchev–Trinajstić information content (AvgIpc) is 3.05. The molecule has 1 N–H and O–H groups in total. The Hall–Kier alpha value is -2.28. The number of nitrogens with zero attached hydrogens (tertiary/aromatic N) is 1. The Morgan fingerprint density at radius 3 is 2.33 bits per heavy atom. The Morgan fingerprint density at radius 1 is 0.926 bits per heavy atom. The van der Waals surface area contributed by atoms with Crippen molar-refractivity contribution in [3.8, 4) is 17.0 Å². The van der Waals surface area contributed by atoms with Gasteiger partial charge >= 0.3 is 0 Å². The zero-order valence-electron chi connectivity index (χ0n) is 13.8. The molecular formula is C20H13BrClNO3S. The van der Waals surface area contributed by atoms with Gasteiger partial charge in [-0.2, -0.15) is 0 Å². The summed E-state index contributed by atoms with van der Waals surface area (Å²) >= 11 is 9.25. The molecule has 136 valence electrons. The number of hydrogen-bond donors (Lipinski definition) is 1. The number of phenols is 1. The number of hydrogen-bond acceptors (Lipinski definition) is 3. The van der Waals surface area contributed by atoms with Gasteiger partial charge in [-0.05, 0) is 29.8 Å². The van der Waals surface area contributed by atoms with Gasteiger partial charge in [-0.1, -0.05) is 76.1 Å². The van der Waals surface area contributed by atoms with E-state index in [-0.39, 0.29) is 9.92 Å². The molecule has 1 aromatic heterocycles. The lowest BCUT2D eigenvalue weighted by Crippen LogP contribution is -2.14. The Bertz CT molecular complexity index is 1270. The van der Waals surface area contributed by atoms with Crippen LogP contribution in [0.2, 0.25) is 5.02 Å². The molecule has 0 radical (unpaired) electrons. The van der Waals surface area contributed by atoms with Gasteiger partial charge in [0.25, 0.3) is 10.0 Å². The number of para-hydroxylation sites is 1. The first kappa shape index (κ1) is 18.1. The van der Waals surface area contributed by atoms with Crippen LogP contribution in [0.3, 0.4) is 0 Å². The third kappa shape index (κ3) is 3.04. The van der Waals surface area contributed by atoms with Crippen molar-refractivity contribution in [3.05, 3.63) is 82.3 Å². The predicted octanol–water partition coefficient (Wildman–Crippen LogP) is 5.67. The maximum atomic E-state index is 13.6. The van der Waals surface area contributed by atoms with Crippen LogP contribution in [-0.2, 0) is 10.0 Å². The van der Waals surface area contributed by atoms with Crippen LogP contribution in [0.4, 0.5) is 0 Å². The Morgan fingerprint density at radius 2 is 1.59 bits per heavy atom. The van der Waals surface area contributed by atoms with Gasteiger partial charge in [0.2, 0.25) is 0 Å². The molecular weight excluding hydrogens is 450 g/mol. The fourth-order valence-electron chi connectivity index (χ4n) is 3.04. The molecule has 0 fully saturated rings. The lowest BCUT2D eigenvalue weighted by atomic mass is 10.1. The SMILES string of the molecule is O=S(=O)(c1cc(Br)cc(Cl)c1O)n1c(-c2ccccc2)cc2ccccc21. The second kappa shape index (κ2) is 6.71. The van der Waals surface area contributed by atoms with E-state index in [1.54, 1.807) is 12.1 Å². The van der Waals surface area contributed by atoms with Gasteiger partial charge in [-0.15, -0.1) is 0 Å². The minimum absolute atomic E-state index is 0.0410. The normalized spacial score (nSPS) is 11.8. The fourth-order valence-corrected chi connectivity index (χ4v) is 5.72. The average molecular weight is 463 g/mol. The highest BCUT2D eigenvalue weighted by Crippen LogP contribution is 2.38. The number of aromatic nitrogens is 1. The van der Waals surface area contributed by atoms with Crippen molar-refractivity contribution in [2.75, 3.05) is 0 Å². The van der Waals surface area contributed by atoms with E-state index in [2.05, 4.69) is 15.9 Å². The zero-order chi connectivity index (χ0) is 19.2. The topological polar surface area (TPSA) is 59.3 Å². The monoisotopic (exact) mass is 461 g/mol. The summed E-state index contributed by atoms with van der Waals surface area (Å²) in [6.45, 7) is 0. The van der Waals surface area contributed by atoms with Crippen LogP contribution in [-0.4, -0.2) is 17.5 Å². The summed E-state index contributed by atoms with van der Waals surface area (Å²) in [5.41, 5.74) is 1.78. The third-order valence-electron chi connectivity index (χ3n) is 4.25. The number of benzene rings is 3. The largest absolute Gasteiger partial charge is 0.505 e. The van der Waals surface area contributed by atoms with Crippen molar-refractivity contribution >= 4 is 48.5 Å². The van der Waals surface area contributed by atoms with Crippen LogP contribution in [0.5, 0.6) is 5.75 Å². The highest BCUT2D eigenvalue weighted by Gasteiger charge is 2.28. The molecule has 0 saturated heterocycles. The summed E-state index contributed by atoms with van der Waals surface area (Å²) in [5.74, 6) is -0.475. The third-order valence-corrected chi connectivity index (χ3v) is 6.73. The van der Waals surface area contributed by atoms with E-state index in [4.69, 9.17) is 11.6 Å². The van der Waals surface area contributed by atoms with Crippen molar-refractivity contribution in [1.82, 2.24) is 3.97 Å². The minimum Gasteiger partial charge on any atom is -0.505 e. The highest BCUT2D eigenvalue weighted by atomic mass is 79.9. The van der Waals surface area contributed by atoms with E-state index >= 15 is 0 Å². The van der Waals surface area contributed by atoms with Gasteiger partial charge in [-0.3, -0.25) is 0 Å². The molecule has 4 rings (SSSR count). The van der Waals surface area contributed by atoms with Crippen molar-refractivity contribution in [1.29, 1.82) is 0 Å². The van der Waals surface area contributed by atoms with Gasteiger partial charge in [0, 0.05) is 9.86 Å². The summed E-state index contributed by atoms with van der Waals surface area (Å²) < 4.78 is 28.8. The molecule has 3 aromatic carbocycles. The fraction of sp³-hybridized carbons (Fsp3) is 0. The van der Waals surface area contributed by atoms with Crippen LogP contribution < -0.4 is 0 Å². The lowest BCUT2D eigenvalue weighted by Gasteiger charge is -2.14. The molecule has 1 heterocycles. The highest BCUT2D eigenvalue weighted by molar-refractivity contribution is 9.10. The molecule has 27 heavy (non-hydrogen) atoms. The quantitative estimate of drug-likeness (QED) is 0.427. The van der Waals surface area contributed by atoms with E-state index in [1.165, 1.54) is 16.1 Å². The molecule has 0 bridgehead atoms. The Balaban J connectivity index is 2.10. The second-order valence-corrected chi connectivity index (χ2v) is 9.04. The predicted molar refractivity (Wildman–Crippen MR) is 111 cm³/mol. The van der Waals surface area contributed by atoms with Gasteiger partial charge in [0.15, 0.2) is 5.75 Å². The van der Waals surface area contributed by atoms with Gasteiger partial charge in [0.05, 0.1) is 16.2 Å². The molecule has 4 nitrogen and oxygen atoms in total. The smallest absolute Gasteiger partial charge is 0.272 e. The van der Waals surface area contributed by atoms with Crippen LogP contribution in [0.15, 0.2) is 82.2 Å². The number of rotatable bonds is 3. The van der Waals surface area contributed by atoms with E-state index in [0.717, 1.165) is 10.9 Å². The summed E-state index contributed by atoms with van der Waals surface area (Å²) in [4.78, 5) is -0.264. The first-order valence-corrected chi connectivity index (χ1v) is 10.6. The van der Waals surface area contributed by atoms with Gasteiger partial charge in [0.1, 0.15) is 4.90 Å². The number of phenolic OH excluding ortho intramolecular Hbond substituents is 1. The van der Waals surface area contributed by atoms with E-state index in [0.29, 0.717) is 15.7 Å². The zero-order valence-corrected chi connectivity index (χ0v) is 17.0. The standard InChI is InChI=1S/C20H13BrClNO3S/c21-15-11-16(22)20(24)19(12-15)27(25,26)23-17-9-5-4-8-14(17)10-18(23)13-6-2-1-3-7-13/h1-12,24H. The van der Waals surface area contributed by atoms with Crippen molar-refractivity contribution < 1.29 is 13.5 Å². The molecule has 0 spiro atoms. The molecule has 0 aliphatic heterocycles. The summed E-state index contributed by atoms with van der Waals surface area (Å²) in [7, 11) is -4.12. The molecule has 0 saturated carbocycles. The molecule has 0 aliphatic carbocycles. The summed E-state index contributed by atoms with van der Waals surface area (Å²) in [6.07, 6.45) is 0. The van der Waals surface area contributed by atoms with Gasteiger partial charge < -0.3 is 5.11 Å². The Kier molecular flexibility index (Phi) is 4.50. The molecule has 0 amide bonds. The van der Waals surface area contributed by atoms with Crippen molar-refractivity contribution in [2.45, 2.75) is 4.90 Å². The first-order valence-electron chi connectivity index (χ1n) is 7.99. The minimum atomic E-state index is -4.12. The lowest BCUT2D eigenvalue weighted by molar-refractivity contribution is 0.458. The van der Waals surface area contributed by atoms with Crippen molar-refractivity contribution in [3.63, 3.8) is 0 Å². The number of aromatic hydroxyl groups is 1. The summed E-state index contributed by atoms with van der Waals surface area (Å²) in [5, 5.41) is 11.1. The number of halogens is 2. The molecule has 4 aromatic rings. The second-order valence-electron chi connectivity index (χ2n) is 5.96. The van der Waals surface area contributed by atoms with Crippen LogP contribution in [0.1, 0.15) is 0 Å². The summed E-state index contributed by atoms with van der Waals surface area (Å²) in [6, 6.07) is 21.1. The molecule has 7 heteroatoms. The molecule has 0 aliphatic rings.